The second-order valence-electron chi connectivity index (χ2n) is 2.10. The van der Waals surface area contributed by atoms with E-state index in [0.29, 0.717) is 5.76 Å². The lowest BCUT2D eigenvalue weighted by Crippen LogP contribution is -2.10. The van der Waals surface area contributed by atoms with Crippen LogP contribution in [0.2, 0.25) is 0 Å². The predicted octanol–water partition coefficient (Wildman–Crippen LogP) is 0.743. The van der Waals surface area contributed by atoms with Crippen molar-refractivity contribution in [3.8, 4) is 0 Å². The van der Waals surface area contributed by atoms with E-state index in [-0.39, 0.29) is 5.92 Å². The molecule has 0 aliphatic heterocycles. The molecule has 0 bridgehead atoms. The molecule has 0 spiro atoms. The van der Waals surface area contributed by atoms with E-state index in [0.717, 1.165) is 6.42 Å². The summed E-state index contributed by atoms with van der Waals surface area (Å²) in [5.74, 6) is 5.69. The van der Waals surface area contributed by atoms with Crippen molar-refractivity contribution in [1.82, 2.24) is 5.48 Å². The van der Waals surface area contributed by atoms with Crippen molar-refractivity contribution in [2.45, 2.75) is 20.3 Å². The molecular weight excluding hydrogens is 132 g/mol. The minimum atomic E-state index is 0.227. The van der Waals surface area contributed by atoms with E-state index >= 15 is 0 Å². The van der Waals surface area contributed by atoms with E-state index in [1.54, 1.807) is 0 Å². The quantitative estimate of drug-likeness (QED) is 0.404. The van der Waals surface area contributed by atoms with Crippen LogP contribution in [-0.4, -0.2) is 5.21 Å². The Kier molecular flexibility index (Phi) is 4.70. The fraction of sp³-hybridized carbons (Fsp3) is 0.667. The third kappa shape index (κ3) is 2.70. The molecule has 0 amide bonds. The van der Waals surface area contributed by atoms with Crippen LogP contribution in [0, 0.1) is 5.92 Å². The van der Waals surface area contributed by atoms with Crippen LogP contribution < -0.4 is 11.4 Å². The summed E-state index contributed by atoms with van der Waals surface area (Å²) in [5.41, 5.74) is 1.87. The molecule has 10 heavy (non-hydrogen) atoms. The fourth-order valence-electron chi connectivity index (χ4n) is 0.557. The SMILES string of the molecule is CCC(C)/C(=C/NO)ON. The van der Waals surface area contributed by atoms with E-state index in [1.165, 1.54) is 6.20 Å². The number of hydrogen-bond acceptors (Lipinski definition) is 4. The number of nitrogens with two attached hydrogens (primary N) is 1. The summed E-state index contributed by atoms with van der Waals surface area (Å²) in [7, 11) is 0. The van der Waals surface area contributed by atoms with Gasteiger partial charge in [0, 0.05) is 5.92 Å². The van der Waals surface area contributed by atoms with Crippen LogP contribution in [0.5, 0.6) is 0 Å². The molecule has 0 heterocycles. The lowest BCUT2D eigenvalue weighted by atomic mass is 10.1. The van der Waals surface area contributed by atoms with E-state index in [9.17, 15) is 0 Å². The van der Waals surface area contributed by atoms with E-state index in [1.807, 2.05) is 19.3 Å². The molecule has 0 rings (SSSR count). The van der Waals surface area contributed by atoms with Crippen LogP contribution >= 0.6 is 0 Å². The van der Waals surface area contributed by atoms with Crippen molar-refractivity contribution >= 4 is 0 Å². The van der Waals surface area contributed by atoms with Gasteiger partial charge in [-0.25, -0.2) is 0 Å². The van der Waals surface area contributed by atoms with Gasteiger partial charge in [0.05, 0.1) is 6.20 Å². The van der Waals surface area contributed by atoms with Crippen molar-refractivity contribution in [2.75, 3.05) is 0 Å². The number of hydroxylamine groups is 1. The highest BCUT2D eigenvalue weighted by atomic mass is 16.6. The van der Waals surface area contributed by atoms with E-state index in [4.69, 9.17) is 11.1 Å². The van der Waals surface area contributed by atoms with Gasteiger partial charge in [-0.05, 0) is 6.42 Å². The fourth-order valence-corrected chi connectivity index (χ4v) is 0.557. The Morgan fingerprint density at radius 1 is 1.90 bits per heavy atom. The predicted molar refractivity (Wildman–Crippen MR) is 37.7 cm³/mol. The average molecular weight is 146 g/mol. The molecular formula is C6H14N2O2. The van der Waals surface area contributed by atoms with Crippen molar-refractivity contribution in [2.24, 2.45) is 11.8 Å². The average Bonchev–Trinajstić information content (AvgIpc) is 1.99. The first-order valence-electron chi connectivity index (χ1n) is 3.22. The zero-order chi connectivity index (χ0) is 7.98. The molecule has 60 valence electrons. The summed E-state index contributed by atoms with van der Waals surface area (Å²) >= 11 is 0. The highest BCUT2D eigenvalue weighted by Gasteiger charge is 2.05. The van der Waals surface area contributed by atoms with E-state index < -0.39 is 0 Å². The van der Waals surface area contributed by atoms with Gasteiger partial charge in [0.15, 0.2) is 0 Å². The number of hydrogen-bond donors (Lipinski definition) is 3. The van der Waals surface area contributed by atoms with Crippen LogP contribution in [0.25, 0.3) is 0 Å². The standard InChI is InChI=1S/C6H14N2O2/c1-3-5(2)6(10-7)4-8-9/h4-5,8-9H,3,7H2,1-2H3/b6-4-. The molecule has 0 aliphatic carbocycles. The Bertz CT molecular complexity index is 114. The Labute approximate surface area is 60.6 Å². The topological polar surface area (TPSA) is 67.5 Å². The maximum absolute atomic E-state index is 8.25. The lowest BCUT2D eigenvalue weighted by Gasteiger charge is -2.10. The van der Waals surface area contributed by atoms with Crippen LogP contribution in [0.15, 0.2) is 12.0 Å². The van der Waals surface area contributed by atoms with Gasteiger partial charge in [-0.1, -0.05) is 13.8 Å². The molecule has 4 N–H and O–H groups in total. The summed E-state index contributed by atoms with van der Waals surface area (Å²) in [6.07, 6.45) is 2.25. The Morgan fingerprint density at radius 2 is 2.50 bits per heavy atom. The smallest absolute Gasteiger partial charge is 0.144 e. The normalized spacial score (nSPS) is 14.6. The van der Waals surface area contributed by atoms with Crippen LogP contribution in [-0.2, 0) is 4.84 Å². The highest BCUT2D eigenvalue weighted by Crippen LogP contribution is 2.11. The number of nitrogens with one attached hydrogen (secondary N) is 1. The molecule has 0 saturated carbocycles. The molecule has 4 nitrogen and oxygen atoms in total. The highest BCUT2D eigenvalue weighted by molar-refractivity contribution is 4.93. The zero-order valence-electron chi connectivity index (χ0n) is 6.29. The van der Waals surface area contributed by atoms with Gasteiger partial charge in [-0.15, -0.1) is 0 Å². The second kappa shape index (κ2) is 5.08. The number of allylic oxidation sites excluding steroid dienone is 1. The lowest BCUT2D eigenvalue weighted by molar-refractivity contribution is 0.161. The third-order valence-corrected chi connectivity index (χ3v) is 1.44. The van der Waals surface area contributed by atoms with Crippen molar-refractivity contribution < 1.29 is 10.0 Å². The maximum Gasteiger partial charge on any atom is 0.144 e. The number of rotatable bonds is 4. The van der Waals surface area contributed by atoms with Crippen LogP contribution in [0.3, 0.4) is 0 Å². The zero-order valence-corrected chi connectivity index (χ0v) is 6.29. The van der Waals surface area contributed by atoms with Gasteiger partial charge in [0.25, 0.3) is 0 Å². The Hall–Kier alpha value is -0.740. The molecule has 0 saturated heterocycles. The Balaban J connectivity index is 3.92. The van der Waals surface area contributed by atoms with Gasteiger partial charge in [0.1, 0.15) is 5.76 Å². The van der Waals surface area contributed by atoms with Gasteiger partial charge < -0.3 is 4.84 Å². The Morgan fingerprint density at radius 3 is 2.80 bits per heavy atom. The van der Waals surface area contributed by atoms with Gasteiger partial charge in [0.2, 0.25) is 0 Å². The molecule has 0 aromatic heterocycles. The molecule has 0 fully saturated rings. The molecule has 1 unspecified atom stereocenters. The molecule has 0 aromatic carbocycles. The van der Waals surface area contributed by atoms with Gasteiger partial charge >= 0.3 is 0 Å². The summed E-state index contributed by atoms with van der Waals surface area (Å²) < 4.78 is 0. The maximum atomic E-state index is 8.25. The third-order valence-electron chi connectivity index (χ3n) is 1.44. The molecule has 0 aromatic rings. The van der Waals surface area contributed by atoms with Crippen molar-refractivity contribution in [3.63, 3.8) is 0 Å². The minimum Gasteiger partial charge on any atom is -0.414 e. The van der Waals surface area contributed by atoms with Crippen LogP contribution in [0.1, 0.15) is 20.3 Å². The monoisotopic (exact) mass is 146 g/mol. The van der Waals surface area contributed by atoms with Crippen LogP contribution in [0.4, 0.5) is 0 Å². The van der Waals surface area contributed by atoms with E-state index in [2.05, 4.69) is 4.84 Å². The minimum absolute atomic E-state index is 0.227. The second-order valence-corrected chi connectivity index (χ2v) is 2.10. The summed E-state index contributed by atoms with van der Waals surface area (Å²) in [6, 6.07) is 0. The summed E-state index contributed by atoms with van der Waals surface area (Å²) in [5, 5.41) is 8.25. The first-order valence-corrected chi connectivity index (χ1v) is 3.22. The largest absolute Gasteiger partial charge is 0.414 e. The summed E-state index contributed by atoms with van der Waals surface area (Å²) in [4.78, 5) is 4.48. The first kappa shape index (κ1) is 9.26. The summed E-state index contributed by atoms with van der Waals surface area (Å²) in [6.45, 7) is 3.96. The van der Waals surface area contributed by atoms with Gasteiger partial charge in [-0.3, -0.25) is 10.7 Å². The molecule has 0 aliphatic rings. The van der Waals surface area contributed by atoms with Crippen molar-refractivity contribution in [3.05, 3.63) is 12.0 Å². The molecule has 4 heteroatoms. The molecule has 1 atom stereocenters. The molecule has 0 radical (unpaired) electrons. The first-order chi connectivity index (χ1) is 4.76. The van der Waals surface area contributed by atoms with Crippen molar-refractivity contribution in [1.29, 1.82) is 0 Å². The van der Waals surface area contributed by atoms with Gasteiger partial charge in [-0.2, -0.15) is 5.90 Å².